The Morgan fingerprint density at radius 1 is 1.33 bits per heavy atom. The van der Waals surface area contributed by atoms with Gasteiger partial charge < -0.3 is 5.32 Å². The molecule has 0 aliphatic carbocycles. The summed E-state index contributed by atoms with van der Waals surface area (Å²) in [5.74, 6) is 2.76. The monoisotopic (exact) mass is 279 g/mol. The van der Waals surface area contributed by atoms with Crippen LogP contribution in [-0.2, 0) is 0 Å². The molecule has 1 aromatic heterocycles. The molecule has 2 rings (SSSR count). The zero-order valence-electron chi connectivity index (χ0n) is 9.90. The lowest BCUT2D eigenvalue weighted by molar-refractivity contribution is 1.15. The van der Waals surface area contributed by atoms with Crippen LogP contribution in [0.25, 0.3) is 10.9 Å². The first-order valence-electron chi connectivity index (χ1n) is 5.66. The number of fused-ring (bicyclic) bond motifs is 1. The number of rotatable bonds is 6. The minimum atomic E-state index is 0.273. The van der Waals surface area contributed by atoms with Gasteiger partial charge in [-0.05, 0) is 23.7 Å². The number of aromatic nitrogens is 2. The largest absolute Gasteiger partial charge is 0.369 e. The number of halogens is 1. The van der Waals surface area contributed by atoms with Crippen molar-refractivity contribution in [2.75, 3.05) is 23.4 Å². The van der Waals surface area contributed by atoms with Crippen molar-refractivity contribution in [3.8, 4) is 0 Å². The van der Waals surface area contributed by atoms with Crippen molar-refractivity contribution in [3.63, 3.8) is 0 Å². The molecule has 1 heterocycles. The van der Waals surface area contributed by atoms with E-state index >= 15 is 0 Å². The predicted octanol–water partition coefficient (Wildman–Crippen LogP) is 3.61. The zero-order chi connectivity index (χ0) is 12.8. The average Bonchev–Trinajstić information content (AvgIpc) is 2.38. The van der Waals surface area contributed by atoms with Crippen LogP contribution in [0.3, 0.4) is 0 Å². The van der Waals surface area contributed by atoms with Gasteiger partial charge in [-0.15, -0.1) is 6.58 Å². The number of benzene rings is 1. The number of nitrogens with one attached hydrogen (secondary N) is 1. The molecular weight excluding hydrogens is 266 g/mol. The molecule has 0 amide bonds. The number of thioether (sulfide) groups is 1. The van der Waals surface area contributed by atoms with E-state index in [1.165, 1.54) is 0 Å². The molecule has 1 N–H and O–H groups in total. The van der Waals surface area contributed by atoms with Crippen LogP contribution in [-0.4, -0.2) is 28.0 Å². The highest BCUT2D eigenvalue weighted by molar-refractivity contribution is 7.99. The summed E-state index contributed by atoms with van der Waals surface area (Å²) in [5, 5.41) is 4.57. The van der Waals surface area contributed by atoms with Crippen LogP contribution in [0.1, 0.15) is 0 Å². The van der Waals surface area contributed by atoms with E-state index in [2.05, 4.69) is 21.9 Å². The van der Waals surface area contributed by atoms with Crippen LogP contribution in [0.4, 0.5) is 5.82 Å². The van der Waals surface area contributed by atoms with Crippen molar-refractivity contribution < 1.29 is 0 Å². The molecule has 0 spiro atoms. The topological polar surface area (TPSA) is 37.8 Å². The van der Waals surface area contributed by atoms with E-state index in [1.54, 1.807) is 0 Å². The number of hydrogen-bond donors (Lipinski definition) is 1. The van der Waals surface area contributed by atoms with Gasteiger partial charge in [-0.1, -0.05) is 18.2 Å². The molecule has 3 nitrogen and oxygen atoms in total. The van der Waals surface area contributed by atoms with Gasteiger partial charge >= 0.3 is 0 Å². The second kappa shape index (κ2) is 6.61. The van der Waals surface area contributed by atoms with E-state index in [9.17, 15) is 0 Å². The zero-order valence-corrected chi connectivity index (χ0v) is 11.5. The minimum absolute atomic E-state index is 0.273. The Kier molecular flexibility index (Phi) is 4.84. The Balaban J connectivity index is 2.09. The third kappa shape index (κ3) is 3.37. The van der Waals surface area contributed by atoms with E-state index in [0.717, 1.165) is 34.8 Å². The van der Waals surface area contributed by atoms with Crippen LogP contribution in [0, 0.1) is 0 Å². The van der Waals surface area contributed by atoms with Gasteiger partial charge in [0.1, 0.15) is 5.82 Å². The Bertz CT molecular complexity index is 545. The number of nitrogens with zero attached hydrogens (tertiary/aromatic N) is 2. The molecule has 18 heavy (non-hydrogen) atoms. The molecule has 0 bridgehead atoms. The molecule has 2 aromatic rings. The highest BCUT2D eigenvalue weighted by atomic mass is 35.5. The van der Waals surface area contributed by atoms with Crippen LogP contribution in [0.5, 0.6) is 0 Å². The summed E-state index contributed by atoms with van der Waals surface area (Å²) in [6.07, 6.45) is 1.90. The third-order valence-corrected chi connectivity index (χ3v) is 3.48. The maximum Gasteiger partial charge on any atom is 0.224 e. The van der Waals surface area contributed by atoms with Gasteiger partial charge in [0.05, 0.1) is 5.52 Å². The predicted molar refractivity (Wildman–Crippen MR) is 80.6 cm³/mol. The van der Waals surface area contributed by atoms with E-state index in [4.69, 9.17) is 11.6 Å². The van der Waals surface area contributed by atoms with Gasteiger partial charge in [-0.3, -0.25) is 0 Å². The normalized spacial score (nSPS) is 10.5. The fraction of sp³-hybridized carbons (Fsp3) is 0.231. The SMILES string of the molecule is C=CCSCCNc1nc(Cl)nc2ccccc12. The highest BCUT2D eigenvalue weighted by Crippen LogP contribution is 2.21. The summed E-state index contributed by atoms with van der Waals surface area (Å²) in [7, 11) is 0. The summed E-state index contributed by atoms with van der Waals surface area (Å²) in [4.78, 5) is 8.42. The molecule has 94 valence electrons. The summed E-state index contributed by atoms with van der Waals surface area (Å²) < 4.78 is 0. The van der Waals surface area contributed by atoms with Crippen LogP contribution >= 0.6 is 23.4 Å². The van der Waals surface area contributed by atoms with Gasteiger partial charge in [-0.25, -0.2) is 9.97 Å². The van der Waals surface area contributed by atoms with E-state index in [1.807, 2.05) is 42.1 Å². The van der Waals surface area contributed by atoms with Gasteiger partial charge in [0.25, 0.3) is 0 Å². The summed E-state index contributed by atoms with van der Waals surface area (Å²) >= 11 is 7.73. The van der Waals surface area contributed by atoms with Crippen LogP contribution in [0.15, 0.2) is 36.9 Å². The molecule has 0 aliphatic rings. The first kappa shape index (κ1) is 13.2. The summed E-state index contributed by atoms with van der Waals surface area (Å²) in [5.41, 5.74) is 0.860. The van der Waals surface area contributed by atoms with Crippen molar-refractivity contribution in [2.24, 2.45) is 0 Å². The number of hydrogen-bond acceptors (Lipinski definition) is 4. The standard InChI is InChI=1S/C13H14ClN3S/c1-2-8-18-9-7-15-12-10-5-3-4-6-11(10)16-13(14)17-12/h2-6H,1,7-9H2,(H,15,16,17). The van der Waals surface area contributed by atoms with Gasteiger partial charge in [0.2, 0.25) is 5.28 Å². The van der Waals surface area contributed by atoms with Gasteiger partial charge in [0.15, 0.2) is 0 Å². The lowest BCUT2D eigenvalue weighted by atomic mass is 10.2. The Morgan fingerprint density at radius 3 is 3.00 bits per heavy atom. The average molecular weight is 280 g/mol. The second-order valence-corrected chi connectivity index (χ2v) is 5.14. The van der Waals surface area contributed by atoms with Crippen molar-refractivity contribution in [1.82, 2.24) is 9.97 Å². The van der Waals surface area contributed by atoms with Crippen molar-refractivity contribution in [3.05, 3.63) is 42.2 Å². The second-order valence-electron chi connectivity index (χ2n) is 3.65. The van der Waals surface area contributed by atoms with E-state index in [-0.39, 0.29) is 5.28 Å². The molecule has 0 unspecified atom stereocenters. The van der Waals surface area contributed by atoms with Crippen molar-refractivity contribution >= 4 is 40.1 Å². The first-order valence-corrected chi connectivity index (χ1v) is 7.19. The number of para-hydroxylation sites is 1. The third-order valence-electron chi connectivity index (χ3n) is 2.35. The first-order chi connectivity index (χ1) is 8.81. The maximum absolute atomic E-state index is 5.91. The van der Waals surface area contributed by atoms with Crippen LogP contribution < -0.4 is 5.32 Å². The fourth-order valence-corrected chi connectivity index (χ4v) is 2.35. The lowest BCUT2D eigenvalue weighted by Gasteiger charge is -2.08. The summed E-state index contributed by atoms with van der Waals surface area (Å²) in [6, 6.07) is 7.83. The van der Waals surface area contributed by atoms with Crippen LogP contribution in [0.2, 0.25) is 5.28 Å². The Morgan fingerprint density at radius 2 is 2.17 bits per heavy atom. The molecule has 0 saturated carbocycles. The Hall–Kier alpha value is -1.26. The Labute approximate surface area is 116 Å². The molecule has 1 aromatic carbocycles. The number of anilines is 1. The quantitative estimate of drug-likeness (QED) is 0.498. The molecule has 0 fully saturated rings. The lowest BCUT2D eigenvalue weighted by Crippen LogP contribution is -2.07. The van der Waals surface area contributed by atoms with Gasteiger partial charge in [0, 0.05) is 23.4 Å². The van der Waals surface area contributed by atoms with Crippen molar-refractivity contribution in [1.29, 1.82) is 0 Å². The smallest absolute Gasteiger partial charge is 0.224 e. The molecule has 0 aliphatic heterocycles. The highest BCUT2D eigenvalue weighted by Gasteiger charge is 2.05. The fourth-order valence-electron chi connectivity index (χ4n) is 1.59. The molecular formula is C13H14ClN3S. The minimum Gasteiger partial charge on any atom is -0.369 e. The van der Waals surface area contributed by atoms with Crippen molar-refractivity contribution in [2.45, 2.75) is 0 Å². The molecule has 0 radical (unpaired) electrons. The molecule has 5 heteroatoms. The van der Waals surface area contributed by atoms with Gasteiger partial charge in [-0.2, -0.15) is 11.8 Å². The maximum atomic E-state index is 5.91. The van der Waals surface area contributed by atoms with E-state index < -0.39 is 0 Å². The molecule has 0 atom stereocenters. The molecule has 0 saturated heterocycles. The summed E-state index contributed by atoms with van der Waals surface area (Å²) in [6.45, 7) is 4.53. The van der Waals surface area contributed by atoms with E-state index in [0.29, 0.717) is 0 Å².